The van der Waals surface area contributed by atoms with Crippen LogP contribution in [0.1, 0.15) is 12.8 Å². The van der Waals surface area contributed by atoms with Crippen LogP contribution in [-0.4, -0.2) is 72.3 Å². The van der Waals surface area contributed by atoms with Crippen LogP contribution >= 0.6 is 23.4 Å². The summed E-state index contributed by atoms with van der Waals surface area (Å²) >= 11 is 8.21. The Hall–Kier alpha value is -0.800. The Balaban J connectivity index is 0.00000193. The molecule has 5 aliphatic rings. The summed E-state index contributed by atoms with van der Waals surface area (Å²) in [6, 6.07) is 15.0. The summed E-state index contributed by atoms with van der Waals surface area (Å²) in [4.78, 5) is 12.9. The van der Waals surface area contributed by atoms with Crippen molar-refractivity contribution in [3.05, 3.63) is 47.5 Å². The number of benzene rings is 2. The Morgan fingerprint density at radius 2 is 1.50 bits per heavy atom. The van der Waals surface area contributed by atoms with E-state index < -0.39 is 0 Å². The van der Waals surface area contributed by atoms with Crippen molar-refractivity contribution in [2.24, 2.45) is 0 Å². The predicted molar refractivity (Wildman–Crippen MR) is 118 cm³/mol. The predicted octanol–water partition coefficient (Wildman–Crippen LogP) is 1.24. The summed E-state index contributed by atoms with van der Waals surface area (Å²) in [7, 11) is 0. The second kappa shape index (κ2) is 8.28. The first-order valence-corrected chi connectivity index (χ1v) is 11.7. The van der Waals surface area contributed by atoms with Crippen LogP contribution in [0, 0.1) is 0 Å². The normalized spacial score (nSPS) is 30.6. The third-order valence-corrected chi connectivity index (χ3v) is 7.92. The second-order valence-corrected chi connectivity index (χ2v) is 10.5. The molecule has 0 radical (unpaired) electrons. The highest BCUT2D eigenvalue weighted by atomic mass is 79.9. The standard InChI is InChI=1S/C22H27ClN5S.BrH/c23-18-7-8-22-20(11-18)27(19-5-1-2-6-21(19)29-22)9-3-4-10-28-15-24-12-25(16-28)14-26(13-24)17-28;/h1-2,5-8,11H,3-4,9-10,12-17H2;1H/q+1;/p-1. The van der Waals surface area contributed by atoms with Crippen molar-refractivity contribution in [2.45, 2.75) is 22.6 Å². The summed E-state index contributed by atoms with van der Waals surface area (Å²) in [5.74, 6) is 0. The number of unbranched alkanes of at least 4 members (excludes halogenated alkanes) is 1. The van der Waals surface area contributed by atoms with Gasteiger partial charge in [-0.05, 0) is 43.2 Å². The second-order valence-electron chi connectivity index (χ2n) is 8.97. The van der Waals surface area contributed by atoms with E-state index in [1.165, 1.54) is 65.0 Å². The molecular weight excluding hydrogens is 482 g/mol. The molecule has 2 aromatic rings. The van der Waals surface area contributed by atoms with Crippen LogP contribution in [0.5, 0.6) is 0 Å². The summed E-state index contributed by atoms with van der Waals surface area (Å²) < 4.78 is 1.23. The molecule has 4 bridgehead atoms. The molecule has 7 rings (SSSR count). The first kappa shape index (κ1) is 21.1. The summed E-state index contributed by atoms with van der Waals surface area (Å²) in [6.45, 7) is 9.50. The van der Waals surface area contributed by atoms with Crippen LogP contribution in [0.2, 0.25) is 5.02 Å². The first-order chi connectivity index (χ1) is 14.2. The fourth-order valence-corrected chi connectivity index (χ4v) is 6.87. The number of para-hydroxylation sites is 1. The van der Waals surface area contributed by atoms with Crippen LogP contribution < -0.4 is 21.9 Å². The Kier molecular flexibility index (Phi) is 5.81. The number of rotatable bonds is 5. The number of nitrogens with zero attached hydrogens (tertiary/aromatic N) is 5. The first-order valence-electron chi connectivity index (χ1n) is 10.5. The lowest BCUT2D eigenvalue weighted by atomic mass is 10.1. The van der Waals surface area contributed by atoms with E-state index in [-0.39, 0.29) is 17.0 Å². The summed E-state index contributed by atoms with van der Waals surface area (Å²) in [5.41, 5.74) is 2.58. The molecule has 4 fully saturated rings. The highest BCUT2D eigenvalue weighted by molar-refractivity contribution is 7.99. The average molecular weight is 509 g/mol. The van der Waals surface area contributed by atoms with Crippen molar-refractivity contribution in [3.8, 4) is 0 Å². The van der Waals surface area contributed by atoms with Gasteiger partial charge in [-0.15, -0.1) is 0 Å². The maximum Gasteiger partial charge on any atom is 0.139 e. The number of fused-ring (bicyclic) bond motifs is 2. The Labute approximate surface area is 198 Å². The molecule has 0 saturated carbocycles. The van der Waals surface area contributed by atoms with Gasteiger partial charge in [-0.1, -0.05) is 35.5 Å². The van der Waals surface area contributed by atoms with Gasteiger partial charge in [0, 0.05) is 21.4 Å². The van der Waals surface area contributed by atoms with Gasteiger partial charge in [0.05, 0.1) is 37.9 Å². The molecule has 5 nitrogen and oxygen atoms in total. The quantitative estimate of drug-likeness (QED) is 0.444. The monoisotopic (exact) mass is 507 g/mol. The van der Waals surface area contributed by atoms with Crippen LogP contribution in [0.3, 0.4) is 0 Å². The Morgan fingerprint density at radius 3 is 2.23 bits per heavy atom. The molecule has 0 aliphatic carbocycles. The number of hydrogen-bond acceptors (Lipinski definition) is 5. The van der Waals surface area contributed by atoms with E-state index in [0.717, 1.165) is 31.6 Å². The van der Waals surface area contributed by atoms with Crippen LogP contribution in [0.4, 0.5) is 11.4 Å². The third kappa shape index (κ3) is 3.79. The van der Waals surface area contributed by atoms with Crippen molar-refractivity contribution in [1.29, 1.82) is 0 Å². The maximum absolute atomic E-state index is 6.35. The van der Waals surface area contributed by atoms with E-state index in [0.29, 0.717) is 0 Å². The lowest BCUT2D eigenvalue weighted by Gasteiger charge is -2.60. The number of quaternary nitrogens is 1. The molecule has 2 aromatic carbocycles. The van der Waals surface area contributed by atoms with Gasteiger partial charge >= 0.3 is 0 Å². The van der Waals surface area contributed by atoms with E-state index in [9.17, 15) is 0 Å². The summed E-state index contributed by atoms with van der Waals surface area (Å²) in [6.07, 6.45) is 2.46. The maximum atomic E-state index is 6.35. The molecular formula is C22H27BrClN5S. The van der Waals surface area contributed by atoms with Gasteiger partial charge < -0.3 is 21.9 Å². The van der Waals surface area contributed by atoms with E-state index in [1.54, 1.807) is 0 Å². The van der Waals surface area contributed by atoms with Gasteiger partial charge in [0.1, 0.15) is 20.0 Å². The molecule has 0 spiro atoms. The largest absolute Gasteiger partial charge is 1.00 e. The van der Waals surface area contributed by atoms with Crippen molar-refractivity contribution in [2.75, 3.05) is 58.0 Å². The number of anilines is 2. The zero-order valence-corrected chi connectivity index (χ0v) is 20.2. The number of halogens is 2. The van der Waals surface area contributed by atoms with Crippen molar-refractivity contribution in [3.63, 3.8) is 0 Å². The van der Waals surface area contributed by atoms with Gasteiger partial charge in [-0.25, -0.2) is 14.7 Å². The lowest BCUT2D eigenvalue weighted by Crippen LogP contribution is -3.00. The van der Waals surface area contributed by atoms with Gasteiger partial charge in [0.2, 0.25) is 0 Å². The number of hydrogen-bond donors (Lipinski definition) is 0. The Bertz CT molecular complexity index is 906. The molecule has 0 atom stereocenters. The fraction of sp³-hybridized carbons (Fsp3) is 0.455. The van der Waals surface area contributed by atoms with Gasteiger partial charge in [0.25, 0.3) is 0 Å². The minimum Gasteiger partial charge on any atom is -1.00 e. The van der Waals surface area contributed by atoms with E-state index in [4.69, 9.17) is 11.6 Å². The molecule has 0 N–H and O–H groups in total. The van der Waals surface area contributed by atoms with Crippen molar-refractivity contribution >= 4 is 34.7 Å². The molecule has 5 heterocycles. The minimum atomic E-state index is 0. The summed E-state index contributed by atoms with van der Waals surface area (Å²) in [5, 5.41) is 0.816. The zero-order valence-electron chi connectivity index (χ0n) is 17.0. The third-order valence-electron chi connectivity index (χ3n) is 6.55. The average Bonchev–Trinajstić information content (AvgIpc) is 2.69. The highest BCUT2D eigenvalue weighted by Gasteiger charge is 2.47. The SMILES string of the molecule is Clc1ccc2c(c1)N(CCCC[N+]13CN4CN(CN(C4)C1)C3)c1ccccc1S2.[Br-]. The van der Waals surface area contributed by atoms with Crippen LogP contribution in [0.25, 0.3) is 0 Å². The Morgan fingerprint density at radius 1 is 0.833 bits per heavy atom. The molecule has 0 unspecified atom stereocenters. The molecule has 0 amide bonds. The van der Waals surface area contributed by atoms with Gasteiger partial charge in [-0.2, -0.15) is 0 Å². The molecule has 160 valence electrons. The fourth-order valence-electron chi connectivity index (χ4n) is 5.63. The molecule has 5 aliphatic heterocycles. The highest BCUT2D eigenvalue weighted by Crippen LogP contribution is 2.48. The zero-order chi connectivity index (χ0) is 19.4. The smallest absolute Gasteiger partial charge is 0.139 e. The molecule has 0 aromatic heterocycles. The molecule has 4 saturated heterocycles. The lowest BCUT2D eigenvalue weighted by molar-refractivity contribution is -0.980. The van der Waals surface area contributed by atoms with Crippen molar-refractivity contribution < 1.29 is 21.5 Å². The van der Waals surface area contributed by atoms with E-state index >= 15 is 0 Å². The van der Waals surface area contributed by atoms with Crippen LogP contribution in [-0.2, 0) is 0 Å². The van der Waals surface area contributed by atoms with Gasteiger partial charge in [-0.3, -0.25) is 4.48 Å². The van der Waals surface area contributed by atoms with Gasteiger partial charge in [0.15, 0.2) is 0 Å². The van der Waals surface area contributed by atoms with Crippen molar-refractivity contribution in [1.82, 2.24) is 14.7 Å². The molecule has 30 heavy (non-hydrogen) atoms. The van der Waals surface area contributed by atoms with E-state index in [2.05, 4.69) is 56.0 Å². The topological polar surface area (TPSA) is 13.0 Å². The van der Waals surface area contributed by atoms with E-state index in [1.807, 2.05) is 17.8 Å². The molecule has 8 heteroatoms. The van der Waals surface area contributed by atoms with Crippen LogP contribution in [0.15, 0.2) is 52.3 Å². The minimum absolute atomic E-state index is 0.